The van der Waals surface area contributed by atoms with Gasteiger partial charge in [-0.25, -0.2) is 4.98 Å². The van der Waals surface area contributed by atoms with E-state index in [4.69, 9.17) is 5.73 Å². The first kappa shape index (κ1) is 6.41. The molecule has 0 aliphatic rings. The van der Waals surface area contributed by atoms with Crippen molar-refractivity contribution in [1.82, 2.24) is 24.8 Å². The summed E-state index contributed by atoms with van der Waals surface area (Å²) >= 11 is 0. The second kappa shape index (κ2) is 1.98. The molecule has 0 spiro atoms. The standard InChI is InChI=1S/C7H6N6/c8-6-4-3-9-5-1-2-10-13(5)7(4)12-11-6/h1-3H,(H3,8,11,12). The van der Waals surface area contributed by atoms with E-state index in [1.54, 1.807) is 16.9 Å². The molecule has 3 rings (SSSR count). The number of hydrogen-bond donors (Lipinski definition) is 2. The van der Waals surface area contributed by atoms with Crippen LogP contribution in [-0.4, -0.2) is 24.8 Å². The van der Waals surface area contributed by atoms with Crippen LogP contribution in [-0.2, 0) is 0 Å². The van der Waals surface area contributed by atoms with E-state index >= 15 is 0 Å². The number of nitrogen functional groups attached to an aromatic ring is 1. The van der Waals surface area contributed by atoms with E-state index in [-0.39, 0.29) is 0 Å². The lowest BCUT2D eigenvalue weighted by molar-refractivity contribution is 0.950. The average molecular weight is 174 g/mol. The first-order valence-corrected chi connectivity index (χ1v) is 3.78. The van der Waals surface area contributed by atoms with Crippen LogP contribution >= 0.6 is 0 Å². The fraction of sp³-hybridized carbons (Fsp3) is 0. The van der Waals surface area contributed by atoms with Gasteiger partial charge in [0.25, 0.3) is 0 Å². The highest BCUT2D eigenvalue weighted by molar-refractivity contribution is 5.86. The molecule has 0 saturated heterocycles. The molecule has 3 aromatic heterocycles. The van der Waals surface area contributed by atoms with Crippen LogP contribution in [0, 0.1) is 0 Å². The van der Waals surface area contributed by atoms with Crippen molar-refractivity contribution >= 4 is 22.5 Å². The Kier molecular flexibility index (Phi) is 0.974. The molecule has 0 bridgehead atoms. The van der Waals surface area contributed by atoms with Gasteiger partial charge in [-0.05, 0) is 0 Å². The minimum Gasteiger partial charge on any atom is -0.383 e. The summed E-state index contributed by atoms with van der Waals surface area (Å²) < 4.78 is 1.64. The van der Waals surface area contributed by atoms with Crippen molar-refractivity contribution in [2.75, 3.05) is 5.73 Å². The van der Waals surface area contributed by atoms with Crippen LogP contribution in [0.3, 0.4) is 0 Å². The van der Waals surface area contributed by atoms with Crippen LogP contribution in [0.5, 0.6) is 0 Å². The zero-order chi connectivity index (χ0) is 8.84. The van der Waals surface area contributed by atoms with Gasteiger partial charge in [-0.2, -0.15) is 14.7 Å². The van der Waals surface area contributed by atoms with Crippen LogP contribution < -0.4 is 5.73 Å². The van der Waals surface area contributed by atoms with Crippen LogP contribution in [0.4, 0.5) is 5.82 Å². The molecule has 6 nitrogen and oxygen atoms in total. The Morgan fingerprint density at radius 2 is 2.38 bits per heavy atom. The molecular formula is C7H6N6. The Balaban J connectivity index is 2.66. The van der Waals surface area contributed by atoms with Gasteiger partial charge in [0.05, 0.1) is 11.6 Å². The molecule has 0 unspecified atom stereocenters. The maximum absolute atomic E-state index is 5.64. The molecule has 0 aromatic carbocycles. The number of anilines is 1. The molecule has 3 aromatic rings. The minimum atomic E-state index is 0.514. The molecule has 3 heterocycles. The fourth-order valence-corrected chi connectivity index (χ4v) is 1.33. The van der Waals surface area contributed by atoms with Crippen molar-refractivity contribution in [2.24, 2.45) is 0 Å². The monoisotopic (exact) mass is 174 g/mol. The van der Waals surface area contributed by atoms with E-state index < -0.39 is 0 Å². The van der Waals surface area contributed by atoms with Crippen molar-refractivity contribution in [3.8, 4) is 0 Å². The third-order valence-electron chi connectivity index (χ3n) is 1.96. The van der Waals surface area contributed by atoms with Gasteiger partial charge < -0.3 is 5.73 Å². The van der Waals surface area contributed by atoms with Crippen molar-refractivity contribution in [2.45, 2.75) is 0 Å². The highest BCUT2D eigenvalue weighted by atomic mass is 15.3. The number of nitrogens with zero attached hydrogens (tertiary/aromatic N) is 4. The predicted octanol–water partition coefficient (Wildman–Crippen LogP) is 0.188. The largest absolute Gasteiger partial charge is 0.383 e. The summed E-state index contributed by atoms with van der Waals surface area (Å²) in [5.74, 6) is 0.514. The van der Waals surface area contributed by atoms with Crippen LogP contribution in [0.1, 0.15) is 0 Å². The molecule has 13 heavy (non-hydrogen) atoms. The summed E-state index contributed by atoms with van der Waals surface area (Å²) in [6, 6.07) is 1.81. The van der Waals surface area contributed by atoms with Gasteiger partial charge >= 0.3 is 0 Å². The van der Waals surface area contributed by atoms with Gasteiger partial charge in [0.15, 0.2) is 11.3 Å². The Bertz CT molecular complexity index is 577. The first-order valence-electron chi connectivity index (χ1n) is 3.78. The lowest BCUT2D eigenvalue weighted by Gasteiger charge is -1.92. The second-order valence-corrected chi connectivity index (χ2v) is 2.73. The van der Waals surface area contributed by atoms with Gasteiger partial charge in [0.2, 0.25) is 0 Å². The van der Waals surface area contributed by atoms with Gasteiger partial charge in [0.1, 0.15) is 5.82 Å². The molecule has 0 fully saturated rings. The molecule has 3 N–H and O–H groups in total. The summed E-state index contributed by atoms with van der Waals surface area (Å²) in [6.45, 7) is 0. The molecule has 0 radical (unpaired) electrons. The summed E-state index contributed by atoms with van der Waals surface area (Å²) in [4.78, 5) is 4.16. The van der Waals surface area contributed by atoms with Gasteiger partial charge in [-0.1, -0.05) is 0 Å². The predicted molar refractivity (Wildman–Crippen MR) is 47.1 cm³/mol. The van der Waals surface area contributed by atoms with Gasteiger partial charge in [0, 0.05) is 12.3 Å². The summed E-state index contributed by atoms with van der Waals surface area (Å²) in [5, 5.41) is 11.6. The third kappa shape index (κ3) is 0.689. The van der Waals surface area contributed by atoms with E-state index in [9.17, 15) is 0 Å². The Morgan fingerprint density at radius 1 is 1.46 bits per heavy atom. The maximum atomic E-state index is 5.64. The Hall–Kier alpha value is -2.11. The highest BCUT2D eigenvalue weighted by Gasteiger charge is 2.06. The number of hydrogen-bond acceptors (Lipinski definition) is 4. The molecule has 0 amide bonds. The molecule has 64 valence electrons. The average Bonchev–Trinajstić information content (AvgIpc) is 2.70. The van der Waals surface area contributed by atoms with Crippen molar-refractivity contribution in [3.63, 3.8) is 0 Å². The van der Waals surface area contributed by atoms with E-state index in [0.29, 0.717) is 11.5 Å². The normalized spacial score (nSPS) is 11.4. The van der Waals surface area contributed by atoms with Gasteiger partial charge in [-0.3, -0.25) is 5.10 Å². The molecule has 0 aliphatic carbocycles. The van der Waals surface area contributed by atoms with E-state index in [2.05, 4.69) is 20.3 Å². The van der Waals surface area contributed by atoms with Crippen LogP contribution in [0.15, 0.2) is 18.5 Å². The SMILES string of the molecule is Nc1[nH]nc2c1cnc1ccnn12. The van der Waals surface area contributed by atoms with Gasteiger partial charge in [-0.15, -0.1) is 0 Å². The Labute approximate surface area is 72.4 Å². The minimum absolute atomic E-state index is 0.514. The number of aromatic nitrogens is 5. The van der Waals surface area contributed by atoms with E-state index in [1.807, 2.05) is 6.07 Å². The number of aromatic amines is 1. The number of nitrogens with two attached hydrogens (primary N) is 1. The summed E-state index contributed by atoms with van der Waals surface area (Å²) in [7, 11) is 0. The van der Waals surface area contributed by atoms with Crippen LogP contribution in [0.25, 0.3) is 16.7 Å². The zero-order valence-electron chi connectivity index (χ0n) is 6.60. The smallest absolute Gasteiger partial charge is 0.188 e. The number of fused-ring (bicyclic) bond motifs is 3. The van der Waals surface area contributed by atoms with Crippen molar-refractivity contribution in [1.29, 1.82) is 0 Å². The number of nitrogens with one attached hydrogen (secondary N) is 1. The summed E-state index contributed by atoms with van der Waals surface area (Å²) in [6.07, 6.45) is 3.36. The van der Waals surface area contributed by atoms with E-state index in [1.165, 1.54) is 0 Å². The molecule has 0 aliphatic heterocycles. The molecular weight excluding hydrogens is 168 g/mol. The molecule has 6 heteroatoms. The lowest BCUT2D eigenvalue weighted by atomic mass is 10.4. The fourth-order valence-electron chi connectivity index (χ4n) is 1.33. The highest BCUT2D eigenvalue weighted by Crippen LogP contribution is 2.16. The quantitative estimate of drug-likeness (QED) is 0.509. The molecule has 0 atom stereocenters. The maximum Gasteiger partial charge on any atom is 0.188 e. The van der Waals surface area contributed by atoms with Crippen molar-refractivity contribution < 1.29 is 0 Å². The number of H-pyrrole nitrogens is 1. The topological polar surface area (TPSA) is 84.9 Å². The zero-order valence-corrected chi connectivity index (χ0v) is 6.60. The molecule has 0 saturated carbocycles. The summed E-state index contributed by atoms with van der Waals surface area (Å²) in [5.41, 5.74) is 7.10. The van der Waals surface area contributed by atoms with Crippen LogP contribution in [0.2, 0.25) is 0 Å². The second-order valence-electron chi connectivity index (χ2n) is 2.73. The number of rotatable bonds is 0. The Morgan fingerprint density at radius 3 is 3.31 bits per heavy atom. The van der Waals surface area contributed by atoms with Crippen molar-refractivity contribution in [3.05, 3.63) is 18.5 Å². The lowest BCUT2D eigenvalue weighted by Crippen LogP contribution is -1.91. The third-order valence-corrected chi connectivity index (χ3v) is 1.96. The first-order chi connectivity index (χ1) is 6.36. The van der Waals surface area contributed by atoms with E-state index in [0.717, 1.165) is 11.0 Å².